The third kappa shape index (κ3) is 3.67. The molecule has 158 valence electrons. The molecule has 0 radical (unpaired) electrons. The highest BCUT2D eigenvalue weighted by atomic mass is 32.2. The molecule has 1 aromatic rings. The second-order valence-electron chi connectivity index (χ2n) is 6.76. The monoisotopic (exact) mass is 433 g/mol. The summed E-state index contributed by atoms with van der Waals surface area (Å²) in [5.74, 6) is -1.96. The maximum Gasteiger partial charge on any atom is 0.352 e. The molecule has 1 N–H and O–H groups in total. The number of non-ortho nitro benzene ring substituents is 1. The van der Waals surface area contributed by atoms with E-state index in [0.29, 0.717) is 17.6 Å². The number of nitro benzene ring substituents is 1. The van der Waals surface area contributed by atoms with Crippen molar-refractivity contribution in [3.63, 3.8) is 0 Å². The molecule has 1 saturated heterocycles. The third-order valence-corrected chi connectivity index (χ3v) is 6.39. The molecule has 11 heteroatoms. The molecular weight excluding hydrogens is 414 g/mol. The zero-order chi connectivity index (χ0) is 22.1. The van der Waals surface area contributed by atoms with Crippen LogP contribution in [0.15, 0.2) is 40.5 Å². The van der Waals surface area contributed by atoms with Gasteiger partial charge in [0, 0.05) is 36.6 Å². The summed E-state index contributed by atoms with van der Waals surface area (Å²) in [6, 6.07) is 5.74. The molecule has 1 unspecified atom stereocenters. The van der Waals surface area contributed by atoms with Gasteiger partial charge in [0.2, 0.25) is 0 Å². The fraction of sp³-hybridized carbons (Fsp3) is 0.368. The molecular formula is C19H19N3O7S. The van der Waals surface area contributed by atoms with E-state index in [4.69, 9.17) is 4.74 Å². The SMILES string of the molecule is CCC1(N=Cc2ccc([N+](=O)[O-])cc2)C(=O)N2C(C(=O)O)=C(COC(C)=O)CS[C@@H]21. The fourth-order valence-electron chi connectivity index (χ4n) is 3.38. The van der Waals surface area contributed by atoms with E-state index >= 15 is 0 Å². The quantitative estimate of drug-likeness (QED) is 0.226. The Morgan fingerprint density at radius 2 is 2.10 bits per heavy atom. The van der Waals surface area contributed by atoms with Crippen LogP contribution < -0.4 is 0 Å². The number of nitrogens with zero attached hydrogens (tertiary/aromatic N) is 3. The van der Waals surface area contributed by atoms with Crippen LogP contribution in [0.2, 0.25) is 0 Å². The van der Waals surface area contributed by atoms with Gasteiger partial charge in [-0.2, -0.15) is 0 Å². The summed E-state index contributed by atoms with van der Waals surface area (Å²) in [7, 11) is 0. The maximum absolute atomic E-state index is 13.0. The molecule has 0 spiro atoms. The Labute approximate surface area is 175 Å². The second-order valence-corrected chi connectivity index (χ2v) is 7.83. The lowest BCUT2D eigenvalue weighted by Gasteiger charge is -2.55. The minimum Gasteiger partial charge on any atom is -0.477 e. The summed E-state index contributed by atoms with van der Waals surface area (Å²) in [6.45, 7) is 2.83. The largest absolute Gasteiger partial charge is 0.477 e. The highest BCUT2D eigenvalue weighted by molar-refractivity contribution is 8.00. The first kappa shape index (κ1) is 21.5. The number of carboxylic acid groups (broad SMARTS) is 1. The summed E-state index contributed by atoms with van der Waals surface area (Å²) < 4.78 is 4.93. The van der Waals surface area contributed by atoms with Crippen molar-refractivity contribution < 1.29 is 29.2 Å². The summed E-state index contributed by atoms with van der Waals surface area (Å²) in [4.78, 5) is 51.8. The van der Waals surface area contributed by atoms with Gasteiger partial charge >= 0.3 is 11.9 Å². The number of aliphatic imine (C=N–C) groups is 1. The van der Waals surface area contributed by atoms with Gasteiger partial charge in [0.15, 0.2) is 5.54 Å². The van der Waals surface area contributed by atoms with Gasteiger partial charge in [-0.05, 0) is 24.1 Å². The number of rotatable bonds is 7. The van der Waals surface area contributed by atoms with Crippen LogP contribution in [0.25, 0.3) is 0 Å². The van der Waals surface area contributed by atoms with Crippen LogP contribution in [0.5, 0.6) is 0 Å². The molecule has 1 amide bonds. The van der Waals surface area contributed by atoms with Crippen molar-refractivity contribution >= 4 is 41.5 Å². The van der Waals surface area contributed by atoms with Gasteiger partial charge in [0.25, 0.3) is 11.6 Å². The molecule has 0 saturated carbocycles. The zero-order valence-electron chi connectivity index (χ0n) is 16.2. The van der Waals surface area contributed by atoms with Crippen LogP contribution in [0, 0.1) is 10.1 Å². The van der Waals surface area contributed by atoms with E-state index in [1.807, 2.05) is 0 Å². The molecule has 0 aromatic heterocycles. The summed E-state index contributed by atoms with van der Waals surface area (Å²) in [5.41, 5.74) is -0.399. The minimum absolute atomic E-state index is 0.0531. The number of thioether (sulfide) groups is 1. The number of hydrogen-bond donors (Lipinski definition) is 1. The number of benzene rings is 1. The van der Waals surface area contributed by atoms with Gasteiger partial charge in [0.1, 0.15) is 17.7 Å². The summed E-state index contributed by atoms with van der Waals surface area (Å²) >= 11 is 1.36. The van der Waals surface area contributed by atoms with E-state index in [1.165, 1.54) is 54.1 Å². The van der Waals surface area contributed by atoms with E-state index in [1.54, 1.807) is 6.92 Å². The van der Waals surface area contributed by atoms with Crippen molar-refractivity contribution in [2.45, 2.75) is 31.2 Å². The Balaban J connectivity index is 1.87. The molecule has 0 aliphatic carbocycles. The topological polar surface area (TPSA) is 139 Å². The molecule has 3 rings (SSSR count). The summed E-state index contributed by atoms with van der Waals surface area (Å²) in [6.07, 6.45) is 1.83. The molecule has 1 fully saturated rings. The highest BCUT2D eigenvalue weighted by Crippen LogP contribution is 2.49. The summed E-state index contributed by atoms with van der Waals surface area (Å²) in [5, 5.41) is 19.9. The van der Waals surface area contributed by atoms with Gasteiger partial charge in [-0.25, -0.2) is 4.79 Å². The standard InChI is InChI=1S/C19H19N3O7S/c1-3-19(20-8-12-4-6-14(7-5-12)22(27)28)17(26)21-15(16(24)25)13(9-29-11(2)23)10-30-18(19)21/h4-8,18H,3,9-10H2,1-2H3,(H,24,25)/t18-,19?/m1/s1. The van der Waals surface area contributed by atoms with Crippen molar-refractivity contribution in [1.82, 2.24) is 4.90 Å². The minimum atomic E-state index is -1.26. The fourth-order valence-corrected chi connectivity index (χ4v) is 4.91. The number of β-lactam (4-membered cyclic amide) rings is 1. The van der Waals surface area contributed by atoms with Crippen LogP contribution in [-0.4, -0.2) is 62.3 Å². The lowest BCUT2D eigenvalue weighted by Crippen LogP contribution is -2.72. The van der Waals surface area contributed by atoms with Gasteiger partial charge < -0.3 is 9.84 Å². The average Bonchev–Trinajstić information content (AvgIpc) is 2.72. The first-order valence-electron chi connectivity index (χ1n) is 9.05. The maximum atomic E-state index is 13.0. The molecule has 2 heterocycles. The second kappa shape index (κ2) is 8.27. The molecule has 10 nitrogen and oxygen atoms in total. The third-order valence-electron chi connectivity index (χ3n) is 4.96. The van der Waals surface area contributed by atoms with Gasteiger partial charge in [-0.1, -0.05) is 6.92 Å². The van der Waals surface area contributed by atoms with Crippen molar-refractivity contribution in [1.29, 1.82) is 0 Å². The molecule has 2 aliphatic heterocycles. The van der Waals surface area contributed by atoms with E-state index in [-0.39, 0.29) is 23.7 Å². The normalized spacial score (nSPS) is 23.2. The molecule has 2 aliphatic rings. The van der Waals surface area contributed by atoms with Crippen LogP contribution >= 0.6 is 11.8 Å². The van der Waals surface area contributed by atoms with Crippen molar-refractivity contribution in [2.24, 2.45) is 4.99 Å². The van der Waals surface area contributed by atoms with E-state index < -0.39 is 33.7 Å². The van der Waals surface area contributed by atoms with Crippen molar-refractivity contribution in [3.8, 4) is 0 Å². The van der Waals surface area contributed by atoms with Crippen LogP contribution in [0.1, 0.15) is 25.8 Å². The molecule has 2 atom stereocenters. The van der Waals surface area contributed by atoms with Crippen molar-refractivity contribution in [3.05, 3.63) is 51.2 Å². The number of hydrogen-bond acceptors (Lipinski definition) is 8. The van der Waals surface area contributed by atoms with Crippen LogP contribution in [0.3, 0.4) is 0 Å². The Morgan fingerprint density at radius 3 is 2.63 bits per heavy atom. The van der Waals surface area contributed by atoms with Crippen LogP contribution in [-0.2, 0) is 19.1 Å². The van der Waals surface area contributed by atoms with E-state index in [0.717, 1.165) is 0 Å². The zero-order valence-corrected chi connectivity index (χ0v) is 17.0. The number of ether oxygens (including phenoxy) is 1. The highest BCUT2D eigenvalue weighted by Gasteiger charge is 2.63. The predicted octanol–water partition coefficient (Wildman–Crippen LogP) is 1.98. The number of esters is 1. The first-order valence-corrected chi connectivity index (χ1v) is 10.1. The number of carboxylic acids is 1. The smallest absolute Gasteiger partial charge is 0.352 e. The van der Waals surface area contributed by atoms with Gasteiger partial charge in [0.05, 0.1) is 4.92 Å². The number of aliphatic carboxylic acids is 1. The average molecular weight is 433 g/mol. The Morgan fingerprint density at radius 1 is 1.43 bits per heavy atom. The Kier molecular flexibility index (Phi) is 5.92. The lowest BCUT2D eigenvalue weighted by atomic mass is 9.84. The number of carbonyl (C=O) groups excluding carboxylic acids is 2. The molecule has 1 aromatic carbocycles. The van der Waals surface area contributed by atoms with Crippen LogP contribution in [0.4, 0.5) is 5.69 Å². The number of amides is 1. The Bertz CT molecular complexity index is 973. The first-order chi connectivity index (χ1) is 14.2. The number of carbonyl (C=O) groups is 3. The van der Waals surface area contributed by atoms with Crippen molar-refractivity contribution in [2.75, 3.05) is 12.4 Å². The van der Waals surface area contributed by atoms with Gasteiger partial charge in [-0.15, -0.1) is 11.8 Å². The van der Waals surface area contributed by atoms with E-state index in [2.05, 4.69) is 4.99 Å². The predicted molar refractivity (Wildman–Crippen MR) is 108 cm³/mol. The van der Waals surface area contributed by atoms with Gasteiger partial charge in [-0.3, -0.25) is 29.6 Å². The number of nitro groups is 1. The molecule has 30 heavy (non-hydrogen) atoms. The van der Waals surface area contributed by atoms with E-state index in [9.17, 15) is 29.6 Å². The Hall–Kier alpha value is -3.21. The molecule has 0 bridgehead atoms. The number of fused-ring (bicyclic) bond motifs is 1. The lowest BCUT2D eigenvalue weighted by molar-refractivity contribution is -0.384.